The molecule has 1 atom stereocenters. The van der Waals surface area contributed by atoms with Gasteiger partial charge in [0.1, 0.15) is 5.75 Å². The van der Waals surface area contributed by atoms with E-state index >= 15 is 0 Å². The Kier molecular flexibility index (Phi) is 6.49. The minimum Gasteiger partial charge on any atom is -0.453 e. The first kappa shape index (κ1) is 20.7. The first-order valence-corrected chi connectivity index (χ1v) is 9.03. The van der Waals surface area contributed by atoms with Crippen LogP contribution in [0.5, 0.6) is 11.5 Å². The van der Waals surface area contributed by atoms with E-state index in [9.17, 15) is 19.3 Å². The number of halogens is 1. The number of carbonyl (C=O) groups excluding carboxylic acids is 1. The average Bonchev–Trinajstić information content (AvgIpc) is 2.75. The van der Waals surface area contributed by atoms with E-state index in [4.69, 9.17) is 4.74 Å². The molecule has 1 heterocycles. The molecule has 0 radical (unpaired) electrons. The van der Waals surface area contributed by atoms with E-state index in [1.165, 1.54) is 42.6 Å². The number of amides is 1. The number of carbonyl (C=O) groups is 1. The van der Waals surface area contributed by atoms with Crippen molar-refractivity contribution in [2.45, 2.75) is 13.0 Å². The molecule has 0 aliphatic rings. The van der Waals surface area contributed by atoms with Crippen LogP contribution in [0.4, 0.5) is 10.1 Å². The fourth-order valence-corrected chi connectivity index (χ4v) is 2.66. The van der Waals surface area contributed by atoms with Crippen LogP contribution in [-0.4, -0.2) is 15.8 Å². The summed E-state index contributed by atoms with van der Waals surface area (Å²) >= 11 is 0. The van der Waals surface area contributed by atoms with Gasteiger partial charge in [-0.05, 0) is 48.4 Å². The van der Waals surface area contributed by atoms with E-state index in [0.717, 1.165) is 0 Å². The van der Waals surface area contributed by atoms with Gasteiger partial charge in [0, 0.05) is 24.4 Å². The zero-order valence-corrected chi connectivity index (χ0v) is 16.0. The van der Waals surface area contributed by atoms with Crippen LogP contribution in [0.3, 0.4) is 0 Å². The molecule has 0 bridgehead atoms. The molecule has 0 spiro atoms. The summed E-state index contributed by atoms with van der Waals surface area (Å²) in [7, 11) is 0. The molecule has 0 aliphatic carbocycles. The third kappa shape index (κ3) is 5.48. The number of aromatic nitrogens is 1. The highest BCUT2D eigenvalue weighted by Crippen LogP contribution is 2.25. The van der Waals surface area contributed by atoms with Crippen molar-refractivity contribution in [2.75, 3.05) is 0 Å². The predicted molar refractivity (Wildman–Crippen MR) is 109 cm³/mol. The number of nitrogens with zero attached hydrogens (tertiary/aromatic N) is 2. The topological polar surface area (TPSA) is 94.4 Å². The monoisotopic (exact) mass is 407 g/mol. The highest BCUT2D eigenvalue weighted by atomic mass is 19.1. The number of ether oxygens (including phenoxy) is 1. The molecule has 1 N–H and O–H groups in total. The van der Waals surface area contributed by atoms with Crippen molar-refractivity contribution in [3.8, 4) is 11.5 Å². The summed E-state index contributed by atoms with van der Waals surface area (Å²) in [5, 5.41) is 13.6. The maximum atomic E-state index is 14.3. The van der Waals surface area contributed by atoms with Crippen LogP contribution in [0, 0.1) is 15.9 Å². The maximum Gasteiger partial charge on any atom is 0.269 e. The van der Waals surface area contributed by atoms with Gasteiger partial charge in [-0.1, -0.05) is 18.2 Å². The number of nitro benzene ring substituents is 1. The first-order valence-electron chi connectivity index (χ1n) is 9.03. The first-order chi connectivity index (χ1) is 14.4. The molecule has 1 aromatic heterocycles. The molecule has 8 heteroatoms. The summed E-state index contributed by atoms with van der Waals surface area (Å²) < 4.78 is 19.7. The molecule has 0 aliphatic heterocycles. The van der Waals surface area contributed by atoms with E-state index < -0.39 is 22.7 Å². The van der Waals surface area contributed by atoms with Crippen LogP contribution in [0.1, 0.15) is 24.1 Å². The number of nitro groups is 1. The zero-order valence-electron chi connectivity index (χ0n) is 16.0. The second kappa shape index (κ2) is 9.42. The summed E-state index contributed by atoms with van der Waals surface area (Å²) in [4.78, 5) is 26.4. The fourth-order valence-electron chi connectivity index (χ4n) is 2.66. The number of benzene rings is 2. The van der Waals surface area contributed by atoms with Gasteiger partial charge in [-0.3, -0.25) is 19.9 Å². The Morgan fingerprint density at radius 2 is 2.07 bits per heavy atom. The summed E-state index contributed by atoms with van der Waals surface area (Å²) in [5.74, 6) is -0.533. The smallest absolute Gasteiger partial charge is 0.269 e. The number of hydrogen-bond acceptors (Lipinski definition) is 5. The van der Waals surface area contributed by atoms with Crippen LogP contribution >= 0.6 is 0 Å². The van der Waals surface area contributed by atoms with Gasteiger partial charge in [-0.2, -0.15) is 0 Å². The van der Waals surface area contributed by atoms with Gasteiger partial charge in [0.05, 0.1) is 17.2 Å². The van der Waals surface area contributed by atoms with Gasteiger partial charge in [-0.15, -0.1) is 0 Å². The van der Waals surface area contributed by atoms with Crippen LogP contribution in [0.15, 0.2) is 73.1 Å². The summed E-state index contributed by atoms with van der Waals surface area (Å²) in [5.41, 5.74) is 1.03. The lowest BCUT2D eigenvalue weighted by Gasteiger charge is -2.12. The fraction of sp³-hybridized carbons (Fsp3) is 0.0909. The van der Waals surface area contributed by atoms with Crippen LogP contribution in [0.25, 0.3) is 6.08 Å². The molecule has 3 rings (SSSR count). The average molecular weight is 407 g/mol. The Hall–Kier alpha value is -4.07. The van der Waals surface area contributed by atoms with Crippen molar-refractivity contribution in [3.05, 3.63) is 100 Å². The molecular formula is C22H18FN3O4. The Labute approximate surface area is 172 Å². The van der Waals surface area contributed by atoms with Gasteiger partial charge >= 0.3 is 0 Å². The van der Waals surface area contributed by atoms with Gasteiger partial charge in [-0.25, -0.2) is 4.39 Å². The summed E-state index contributed by atoms with van der Waals surface area (Å²) in [6.07, 6.45) is 5.79. The normalized spacial score (nSPS) is 11.8. The van der Waals surface area contributed by atoms with Gasteiger partial charge in [0.15, 0.2) is 11.6 Å². The summed E-state index contributed by atoms with van der Waals surface area (Å²) in [6.45, 7) is 1.72. The van der Waals surface area contributed by atoms with E-state index in [1.54, 1.807) is 43.5 Å². The molecule has 7 nitrogen and oxygen atoms in total. The lowest BCUT2D eigenvalue weighted by molar-refractivity contribution is -0.384. The molecule has 152 valence electrons. The second-order valence-corrected chi connectivity index (χ2v) is 6.40. The van der Waals surface area contributed by atoms with Crippen molar-refractivity contribution in [2.24, 2.45) is 0 Å². The predicted octanol–water partition coefficient (Wildman–Crippen LogP) is 4.81. The number of pyridine rings is 1. The van der Waals surface area contributed by atoms with Crippen molar-refractivity contribution >= 4 is 17.7 Å². The van der Waals surface area contributed by atoms with E-state index in [1.807, 2.05) is 0 Å². The Bertz CT molecular complexity index is 1090. The van der Waals surface area contributed by atoms with Crippen LogP contribution in [0.2, 0.25) is 0 Å². The van der Waals surface area contributed by atoms with Crippen LogP contribution < -0.4 is 10.1 Å². The highest BCUT2D eigenvalue weighted by molar-refractivity contribution is 5.92. The molecule has 0 saturated heterocycles. The Balaban J connectivity index is 1.62. The number of non-ortho nitro benzene ring substituents is 1. The van der Waals surface area contributed by atoms with Crippen molar-refractivity contribution in [1.29, 1.82) is 0 Å². The number of hydrogen-bond donors (Lipinski definition) is 1. The van der Waals surface area contributed by atoms with Gasteiger partial charge in [0.2, 0.25) is 5.91 Å². The lowest BCUT2D eigenvalue weighted by Crippen LogP contribution is -2.24. The van der Waals surface area contributed by atoms with E-state index in [0.29, 0.717) is 16.9 Å². The summed E-state index contributed by atoms with van der Waals surface area (Å²) in [6, 6.07) is 13.3. The molecule has 30 heavy (non-hydrogen) atoms. The molecule has 2 aromatic carbocycles. The zero-order chi connectivity index (χ0) is 21.5. The van der Waals surface area contributed by atoms with E-state index in [2.05, 4.69) is 10.3 Å². The van der Waals surface area contributed by atoms with Gasteiger partial charge < -0.3 is 10.1 Å². The largest absolute Gasteiger partial charge is 0.453 e. The molecule has 1 unspecified atom stereocenters. The Morgan fingerprint density at radius 3 is 2.77 bits per heavy atom. The van der Waals surface area contributed by atoms with Crippen molar-refractivity contribution < 1.29 is 18.8 Å². The standard InChI is InChI=1S/C22H18FN3O4/c1-15(17-4-2-5-18(13-17)26(28)29)25-22(27)10-8-16-7-9-21(20(23)12-16)30-19-6-3-11-24-14-19/h2-15H,1H3,(H,25,27)/b10-8+. The third-order valence-electron chi connectivity index (χ3n) is 4.19. The van der Waals surface area contributed by atoms with E-state index in [-0.39, 0.29) is 11.4 Å². The van der Waals surface area contributed by atoms with Crippen LogP contribution in [-0.2, 0) is 4.79 Å². The number of nitrogens with one attached hydrogen (secondary N) is 1. The molecule has 1 amide bonds. The van der Waals surface area contributed by atoms with Crippen molar-refractivity contribution in [1.82, 2.24) is 10.3 Å². The minimum atomic E-state index is -0.577. The lowest BCUT2D eigenvalue weighted by atomic mass is 10.1. The second-order valence-electron chi connectivity index (χ2n) is 6.40. The molecule has 3 aromatic rings. The molecular weight excluding hydrogens is 389 g/mol. The van der Waals surface area contributed by atoms with Crippen molar-refractivity contribution in [3.63, 3.8) is 0 Å². The third-order valence-corrected chi connectivity index (χ3v) is 4.19. The SMILES string of the molecule is CC(NC(=O)/C=C/c1ccc(Oc2cccnc2)c(F)c1)c1cccc([N+](=O)[O-])c1. The molecule has 0 fully saturated rings. The highest BCUT2D eigenvalue weighted by Gasteiger charge is 2.12. The minimum absolute atomic E-state index is 0.0453. The molecule has 0 saturated carbocycles. The quantitative estimate of drug-likeness (QED) is 0.344. The maximum absolute atomic E-state index is 14.3. The number of rotatable bonds is 7. The van der Waals surface area contributed by atoms with Gasteiger partial charge in [0.25, 0.3) is 5.69 Å². The Morgan fingerprint density at radius 1 is 1.23 bits per heavy atom.